The lowest BCUT2D eigenvalue weighted by Gasteiger charge is -2.24. The maximum Gasteiger partial charge on any atom is 0.161 e. The van der Waals surface area contributed by atoms with E-state index >= 15 is 0 Å². The number of aromatic nitrogens is 2. The van der Waals surface area contributed by atoms with Crippen molar-refractivity contribution in [3.05, 3.63) is 181 Å². The van der Waals surface area contributed by atoms with Gasteiger partial charge in [0.15, 0.2) is 5.82 Å². The highest BCUT2D eigenvalue weighted by Crippen LogP contribution is 2.52. The van der Waals surface area contributed by atoms with Crippen LogP contribution in [0.4, 0.5) is 0 Å². The van der Waals surface area contributed by atoms with Crippen LogP contribution in [0.25, 0.3) is 99.6 Å². The van der Waals surface area contributed by atoms with E-state index in [9.17, 15) is 0 Å². The van der Waals surface area contributed by atoms with Crippen molar-refractivity contribution in [2.75, 3.05) is 0 Å². The second-order valence-corrected chi connectivity index (χ2v) is 14.9. The fourth-order valence-corrected chi connectivity index (χ4v) is 8.87. The Labute approximate surface area is 313 Å². The molecule has 1 aliphatic rings. The van der Waals surface area contributed by atoms with Gasteiger partial charge in [0.2, 0.25) is 0 Å². The summed E-state index contributed by atoms with van der Waals surface area (Å²) >= 11 is 0. The van der Waals surface area contributed by atoms with Crippen molar-refractivity contribution in [1.29, 1.82) is 0 Å². The van der Waals surface area contributed by atoms with E-state index in [-0.39, 0.29) is 5.41 Å². The number of hydrogen-bond acceptors (Lipinski definition) is 3. The molecule has 0 saturated carbocycles. The second kappa shape index (κ2) is 11.6. The predicted molar refractivity (Wildman–Crippen MR) is 224 cm³/mol. The molecule has 11 rings (SSSR count). The Kier molecular flexibility index (Phi) is 6.60. The number of hydrogen-bond donors (Lipinski definition) is 0. The molecular weight excluding hydrogens is 657 g/mol. The van der Waals surface area contributed by atoms with Crippen molar-refractivity contribution in [2.45, 2.75) is 19.3 Å². The molecule has 0 N–H and O–H groups in total. The van der Waals surface area contributed by atoms with Crippen LogP contribution in [-0.2, 0) is 5.41 Å². The third kappa shape index (κ3) is 4.61. The predicted octanol–water partition coefficient (Wildman–Crippen LogP) is 13.7. The Bertz CT molecular complexity index is 3130. The van der Waals surface area contributed by atoms with Crippen molar-refractivity contribution in [2.24, 2.45) is 0 Å². The number of fused-ring (bicyclic) bond motifs is 9. The largest absolute Gasteiger partial charge is 0.456 e. The van der Waals surface area contributed by atoms with E-state index in [4.69, 9.17) is 14.4 Å². The van der Waals surface area contributed by atoms with Crippen LogP contribution in [-0.4, -0.2) is 9.97 Å². The molecule has 0 spiro atoms. The molecule has 254 valence electrons. The van der Waals surface area contributed by atoms with Crippen LogP contribution in [0.15, 0.2) is 174 Å². The molecule has 1 aliphatic carbocycles. The van der Waals surface area contributed by atoms with Crippen LogP contribution in [0, 0.1) is 0 Å². The molecule has 0 atom stereocenters. The molecule has 8 aromatic carbocycles. The second-order valence-electron chi connectivity index (χ2n) is 14.9. The lowest BCUT2D eigenvalue weighted by molar-refractivity contribution is 0.666. The van der Waals surface area contributed by atoms with E-state index in [0.717, 1.165) is 55.4 Å². The summed E-state index contributed by atoms with van der Waals surface area (Å²) in [5, 5.41) is 7.13. The SMILES string of the molecule is CC1(C)c2cc(-c3ccc(-c4nc(-c5ccccc5)cc(-c5ccc6c(c5)oc5ccccc56)n4)c4ccccc34)ccc2-c2ccc3ccccc3c21. The normalized spacial score (nSPS) is 13.1. The number of furan rings is 1. The summed E-state index contributed by atoms with van der Waals surface area (Å²) in [4.78, 5) is 10.5. The lowest BCUT2D eigenvalue weighted by atomic mass is 9.79. The summed E-state index contributed by atoms with van der Waals surface area (Å²) in [6.45, 7) is 4.74. The van der Waals surface area contributed by atoms with E-state index in [1.807, 2.05) is 18.2 Å². The molecular formula is C51H34N2O. The van der Waals surface area contributed by atoms with Gasteiger partial charge in [-0.15, -0.1) is 0 Å². The Hall–Kier alpha value is -6.84. The van der Waals surface area contributed by atoms with Crippen LogP contribution in [0.2, 0.25) is 0 Å². The number of benzene rings is 8. The third-order valence-electron chi connectivity index (χ3n) is 11.5. The molecule has 0 amide bonds. The average molecular weight is 691 g/mol. The molecule has 3 nitrogen and oxygen atoms in total. The molecule has 54 heavy (non-hydrogen) atoms. The zero-order valence-corrected chi connectivity index (χ0v) is 30.0. The van der Waals surface area contributed by atoms with Gasteiger partial charge in [-0.2, -0.15) is 0 Å². The van der Waals surface area contributed by atoms with Gasteiger partial charge >= 0.3 is 0 Å². The van der Waals surface area contributed by atoms with Gasteiger partial charge in [0, 0.05) is 32.9 Å². The first-order valence-corrected chi connectivity index (χ1v) is 18.6. The number of nitrogens with zero attached hydrogens (tertiary/aromatic N) is 2. The smallest absolute Gasteiger partial charge is 0.161 e. The van der Waals surface area contributed by atoms with Gasteiger partial charge in [0.05, 0.1) is 11.4 Å². The fourth-order valence-electron chi connectivity index (χ4n) is 8.87. The van der Waals surface area contributed by atoms with Crippen LogP contribution < -0.4 is 0 Å². The number of rotatable bonds is 4. The quantitative estimate of drug-likeness (QED) is 0.184. The van der Waals surface area contributed by atoms with Gasteiger partial charge in [0.25, 0.3) is 0 Å². The van der Waals surface area contributed by atoms with Crippen molar-refractivity contribution in [3.8, 4) is 56.2 Å². The Morgan fingerprint density at radius 2 is 1.02 bits per heavy atom. The molecule has 10 aromatic rings. The summed E-state index contributed by atoms with van der Waals surface area (Å²) < 4.78 is 6.29. The summed E-state index contributed by atoms with van der Waals surface area (Å²) in [7, 11) is 0. The third-order valence-corrected chi connectivity index (χ3v) is 11.5. The first kappa shape index (κ1) is 30.8. The highest BCUT2D eigenvalue weighted by molar-refractivity contribution is 6.07. The monoisotopic (exact) mass is 690 g/mol. The summed E-state index contributed by atoms with van der Waals surface area (Å²) in [5.41, 5.74) is 14.2. The summed E-state index contributed by atoms with van der Waals surface area (Å²) in [6, 6.07) is 60.5. The first-order chi connectivity index (χ1) is 26.5. The zero-order chi connectivity index (χ0) is 36.0. The standard InChI is InChI=1S/C51H34N2O/c1-51(2)44-28-33(21-23-39(44)42-25-20-31-12-6-7-15-36(31)49(42)51)35-26-27-43(38-17-9-8-16-37(35)38)50-52-45(32-13-4-3-5-14-32)30-46(53-50)34-22-24-41-40-18-10-11-19-47(40)54-48(41)29-34/h3-30H,1-2H3. The first-order valence-electron chi connectivity index (χ1n) is 18.6. The van der Waals surface area contributed by atoms with E-state index < -0.39 is 0 Å². The number of para-hydroxylation sites is 1. The maximum atomic E-state index is 6.29. The Balaban J connectivity index is 1.06. The minimum atomic E-state index is -0.134. The van der Waals surface area contributed by atoms with Crippen LogP contribution in [0.1, 0.15) is 25.0 Å². The van der Waals surface area contributed by atoms with E-state index in [1.54, 1.807) is 0 Å². The van der Waals surface area contributed by atoms with Gasteiger partial charge in [-0.1, -0.05) is 147 Å². The Morgan fingerprint density at radius 1 is 0.407 bits per heavy atom. The van der Waals surface area contributed by atoms with Gasteiger partial charge in [-0.25, -0.2) is 9.97 Å². The van der Waals surface area contributed by atoms with Gasteiger partial charge in [-0.05, 0) is 91.3 Å². The van der Waals surface area contributed by atoms with Crippen molar-refractivity contribution < 1.29 is 4.42 Å². The van der Waals surface area contributed by atoms with Gasteiger partial charge < -0.3 is 4.42 Å². The lowest BCUT2D eigenvalue weighted by Crippen LogP contribution is -2.15. The molecule has 0 unspecified atom stereocenters. The van der Waals surface area contributed by atoms with Crippen LogP contribution in [0.3, 0.4) is 0 Å². The fraction of sp³-hybridized carbons (Fsp3) is 0.0588. The zero-order valence-electron chi connectivity index (χ0n) is 30.0. The van der Waals surface area contributed by atoms with Gasteiger partial charge in [0.1, 0.15) is 11.2 Å². The topological polar surface area (TPSA) is 38.9 Å². The average Bonchev–Trinajstić information content (AvgIpc) is 3.71. The van der Waals surface area contributed by atoms with Crippen LogP contribution in [0.5, 0.6) is 0 Å². The van der Waals surface area contributed by atoms with Crippen molar-refractivity contribution in [1.82, 2.24) is 9.97 Å². The molecule has 0 aliphatic heterocycles. The molecule has 0 fully saturated rings. The molecule has 0 radical (unpaired) electrons. The highest BCUT2D eigenvalue weighted by Gasteiger charge is 2.37. The highest BCUT2D eigenvalue weighted by atomic mass is 16.3. The van der Waals surface area contributed by atoms with E-state index in [1.165, 1.54) is 49.5 Å². The van der Waals surface area contributed by atoms with Gasteiger partial charge in [-0.3, -0.25) is 0 Å². The molecule has 0 bridgehead atoms. The molecule has 0 saturated heterocycles. The minimum Gasteiger partial charge on any atom is -0.456 e. The molecule has 3 heteroatoms. The summed E-state index contributed by atoms with van der Waals surface area (Å²) in [6.07, 6.45) is 0. The summed E-state index contributed by atoms with van der Waals surface area (Å²) in [5.74, 6) is 0.691. The molecule has 2 aromatic heterocycles. The maximum absolute atomic E-state index is 6.29. The molecule has 2 heterocycles. The Morgan fingerprint density at radius 3 is 1.85 bits per heavy atom. The van der Waals surface area contributed by atoms with Crippen LogP contribution >= 0.6 is 0 Å². The minimum absolute atomic E-state index is 0.134. The van der Waals surface area contributed by atoms with Crippen molar-refractivity contribution in [3.63, 3.8) is 0 Å². The van der Waals surface area contributed by atoms with E-state index in [0.29, 0.717) is 5.82 Å². The van der Waals surface area contributed by atoms with Crippen molar-refractivity contribution >= 4 is 43.5 Å². The van der Waals surface area contributed by atoms with E-state index in [2.05, 4.69) is 166 Å².